The first kappa shape index (κ1) is 20.6. The van der Waals surface area contributed by atoms with Gasteiger partial charge in [0.1, 0.15) is 18.5 Å². The average Bonchev–Trinajstić information content (AvgIpc) is 3.30. The number of aromatic nitrogens is 2. The van der Waals surface area contributed by atoms with Crippen molar-refractivity contribution in [2.24, 2.45) is 0 Å². The Morgan fingerprint density at radius 2 is 1.90 bits per heavy atom. The number of aliphatic hydroxyl groups excluding tert-OH is 1. The Labute approximate surface area is 178 Å². The molecular weight excluding hydrogens is 376 g/mol. The minimum absolute atomic E-state index is 0.305. The van der Waals surface area contributed by atoms with E-state index < -0.39 is 6.10 Å². The summed E-state index contributed by atoms with van der Waals surface area (Å²) >= 11 is 0. The van der Waals surface area contributed by atoms with Crippen molar-refractivity contribution < 1.29 is 9.84 Å². The van der Waals surface area contributed by atoms with Crippen LogP contribution in [0.2, 0.25) is 0 Å². The molecule has 0 fully saturated rings. The molecule has 0 saturated heterocycles. The van der Waals surface area contributed by atoms with Gasteiger partial charge in [-0.1, -0.05) is 36.4 Å². The number of ether oxygens (including phenoxy) is 1. The number of nitrogens with one attached hydrogen (secondary N) is 1. The first-order valence-electron chi connectivity index (χ1n) is 10.6. The number of aliphatic hydroxyl groups is 1. The van der Waals surface area contributed by atoms with Gasteiger partial charge in [-0.15, -0.1) is 0 Å². The second-order valence-corrected chi connectivity index (χ2v) is 7.81. The molecule has 4 rings (SSSR count). The normalized spacial score (nSPS) is 15.0. The molecule has 0 bridgehead atoms. The van der Waals surface area contributed by atoms with Gasteiger partial charge in [0.05, 0.1) is 6.54 Å². The van der Waals surface area contributed by atoms with Crippen LogP contribution in [0.3, 0.4) is 0 Å². The molecule has 3 aromatic rings. The SMILES string of the molecule is OC(COc1ccc(CNCCn2cccn2)cc1)CN1CCc2ccccc2C1. The largest absolute Gasteiger partial charge is 0.491 e. The van der Waals surface area contributed by atoms with Crippen LogP contribution in [0.15, 0.2) is 67.0 Å². The molecule has 30 heavy (non-hydrogen) atoms. The van der Waals surface area contributed by atoms with E-state index in [4.69, 9.17) is 4.74 Å². The number of hydrogen-bond acceptors (Lipinski definition) is 5. The summed E-state index contributed by atoms with van der Waals surface area (Å²) in [6.45, 7) is 5.35. The second-order valence-electron chi connectivity index (χ2n) is 7.81. The molecule has 0 spiro atoms. The van der Waals surface area contributed by atoms with Crippen molar-refractivity contribution in [2.75, 3.05) is 26.2 Å². The highest BCUT2D eigenvalue weighted by Gasteiger charge is 2.18. The Kier molecular flexibility index (Phi) is 7.13. The smallest absolute Gasteiger partial charge is 0.119 e. The van der Waals surface area contributed by atoms with Crippen molar-refractivity contribution in [2.45, 2.75) is 32.2 Å². The van der Waals surface area contributed by atoms with Gasteiger partial charge in [-0.2, -0.15) is 5.10 Å². The molecule has 0 aliphatic carbocycles. The summed E-state index contributed by atoms with van der Waals surface area (Å²) in [6.07, 6.45) is 4.30. The highest BCUT2D eigenvalue weighted by Crippen LogP contribution is 2.19. The van der Waals surface area contributed by atoms with Crippen LogP contribution in [0.1, 0.15) is 16.7 Å². The third-order valence-corrected chi connectivity index (χ3v) is 5.45. The Morgan fingerprint density at radius 3 is 2.70 bits per heavy atom. The van der Waals surface area contributed by atoms with E-state index in [9.17, 15) is 5.11 Å². The van der Waals surface area contributed by atoms with Crippen molar-refractivity contribution in [3.8, 4) is 5.75 Å². The monoisotopic (exact) mass is 406 g/mol. The summed E-state index contributed by atoms with van der Waals surface area (Å²) in [5, 5.41) is 18.0. The predicted molar refractivity (Wildman–Crippen MR) is 117 cm³/mol. The van der Waals surface area contributed by atoms with Crippen LogP contribution in [0, 0.1) is 0 Å². The van der Waals surface area contributed by atoms with Gasteiger partial charge in [0.15, 0.2) is 0 Å². The molecule has 1 aliphatic heterocycles. The van der Waals surface area contributed by atoms with Crippen LogP contribution < -0.4 is 10.1 Å². The van der Waals surface area contributed by atoms with Gasteiger partial charge in [-0.3, -0.25) is 9.58 Å². The maximum atomic E-state index is 10.4. The molecule has 1 aliphatic rings. The van der Waals surface area contributed by atoms with Gasteiger partial charge < -0.3 is 15.2 Å². The summed E-state index contributed by atoms with van der Waals surface area (Å²) in [4.78, 5) is 2.30. The summed E-state index contributed by atoms with van der Waals surface area (Å²) in [6, 6.07) is 18.5. The lowest BCUT2D eigenvalue weighted by Crippen LogP contribution is -2.38. The second kappa shape index (κ2) is 10.4. The molecule has 0 radical (unpaired) electrons. The lowest BCUT2D eigenvalue weighted by atomic mass is 10.00. The Bertz CT molecular complexity index is 896. The van der Waals surface area contributed by atoms with Crippen molar-refractivity contribution in [1.29, 1.82) is 0 Å². The molecular formula is C24H30N4O2. The van der Waals surface area contributed by atoms with Gasteiger partial charge in [0, 0.05) is 45.1 Å². The number of β-amino-alcohol motifs (C(OH)–C–C–N with tert-alkyl or cyclic N) is 1. The highest BCUT2D eigenvalue weighted by molar-refractivity contribution is 5.29. The van der Waals surface area contributed by atoms with Gasteiger partial charge >= 0.3 is 0 Å². The molecule has 2 N–H and O–H groups in total. The maximum Gasteiger partial charge on any atom is 0.119 e. The van der Waals surface area contributed by atoms with Crippen LogP contribution in [0.5, 0.6) is 5.75 Å². The van der Waals surface area contributed by atoms with Crippen LogP contribution in [-0.4, -0.2) is 52.1 Å². The van der Waals surface area contributed by atoms with Crippen molar-refractivity contribution in [3.05, 3.63) is 83.7 Å². The molecule has 2 aromatic carbocycles. The molecule has 1 unspecified atom stereocenters. The third-order valence-electron chi connectivity index (χ3n) is 5.45. The third kappa shape index (κ3) is 5.92. The van der Waals surface area contributed by atoms with Gasteiger partial charge in [0.2, 0.25) is 0 Å². The standard InChI is InChI=1S/C24H30N4O2/c29-23(18-27-14-10-21-4-1-2-5-22(21)17-27)19-30-24-8-6-20(7-9-24)16-25-12-15-28-13-3-11-26-28/h1-9,11,13,23,25,29H,10,12,14-19H2. The maximum absolute atomic E-state index is 10.4. The van der Waals surface area contributed by atoms with E-state index in [0.29, 0.717) is 13.2 Å². The first-order chi connectivity index (χ1) is 14.8. The van der Waals surface area contributed by atoms with E-state index in [-0.39, 0.29) is 0 Å². The van der Waals surface area contributed by atoms with Crippen molar-refractivity contribution in [1.82, 2.24) is 20.0 Å². The van der Waals surface area contributed by atoms with Gasteiger partial charge in [0.25, 0.3) is 0 Å². The van der Waals surface area contributed by atoms with Crippen LogP contribution in [0.4, 0.5) is 0 Å². The quantitative estimate of drug-likeness (QED) is 0.507. The van der Waals surface area contributed by atoms with Crippen molar-refractivity contribution >= 4 is 0 Å². The fourth-order valence-corrected chi connectivity index (χ4v) is 3.82. The van der Waals surface area contributed by atoms with E-state index in [1.54, 1.807) is 6.20 Å². The molecule has 0 saturated carbocycles. The number of fused-ring (bicyclic) bond motifs is 1. The Morgan fingerprint density at radius 1 is 1.07 bits per heavy atom. The predicted octanol–water partition coefficient (Wildman–Crippen LogP) is 2.47. The molecule has 1 atom stereocenters. The number of benzene rings is 2. The van der Waals surface area contributed by atoms with Gasteiger partial charge in [-0.25, -0.2) is 0 Å². The Hall–Kier alpha value is -2.67. The zero-order valence-corrected chi connectivity index (χ0v) is 17.3. The van der Waals surface area contributed by atoms with Crippen LogP contribution in [0.25, 0.3) is 0 Å². The highest BCUT2D eigenvalue weighted by atomic mass is 16.5. The van der Waals surface area contributed by atoms with Gasteiger partial charge in [-0.05, 0) is 41.3 Å². The van der Waals surface area contributed by atoms with E-state index in [1.165, 1.54) is 16.7 Å². The van der Waals surface area contributed by atoms with Crippen molar-refractivity contribution in [3.63, 3.8) is 0 Å². The summed E-state index contributed by atoms with van der Waals surface area (Å²) in [5.74, 6) is 0.790. The van der Waals surface area contributed by atoms with E-state index in [1.807, 2.05) is 29.1 Å². The van der Waals surface area contributed by atoms with Crippen LogP contribution >= 0.6 is 0 Å². The molecule has 2 heterocycles. The topological polar surface area (TPSA) is 62.6 Å². The minimum atomic E-state index is -0.501. The fraction of sp³-hybridized carbons (Fsp3) is 0.375. The Balaban J connectivity index is 1.15. The fourth-order valence-electron chi connectivity index (χ4n) is 3.82. The molecule has 0 amide bonds. The van der Waals surface area contributed by atoms with E-state index in [2.05, 4.69) is 51.7 Å². The van der Waals surface area contributed by atoms with E-state index in [0.717, 1.165) is 44.9 Å². The first-order valence-corrected chi connectivity index (χ1v) is 10.6. The number of nitrogens with zero attached hydrogens (tertiary/aromatic N) is 3. The minimum Gasteiger partial charge on any atom is -0.491 e. The van der Waals surface area contributed by atoms with Crippen LogP contribution in [-0.2, 0) is 26.1 Å². The average molecular weight is 407 g/mol. The summed E-state index contributed by atoms with van der Waals surface area (Å²) < 4.78 is 7.71. The molecule has 1 aromatic heterocycles. The number of hydrogen-bond donors (Lipinski definition) is 2. The molecule has 6 nitrogen and oxygen atoms in total. The zero-order valence-electron chi connectivity index (χ0n) is 17.3. The van der Waals surface area contributed by atoms with E-state index >= 15 is 0 Å². The molecule has 158 valence electrons. The summed E-state index contributed by atoms with van der Waals surface area (Å²) in [7, 11) is 0. The molecule has 6 heteroatoms. The zero-order chi connectivity index (χ0) is 20.6. The lowest BCUT2D eigenvalue weighted by Gasteiger charge is -2.30. The number of rotatable bonds is 10. The summed E-state index contributed by atoms with van der Waals surface area (Å²) in [5.41, 5.74) is 4.00. The lowest BCUT2D eigenvalue weighted by molar-refractivity contribution is 0.0638.